The molecule has 1 amide bonds. The van der Waals surface area contributed by atoms with Crippen LogP contribution in [0.4, 0.5) is 0 Å². The summed E-state index contributed by atoms with van der Waals surface area (Å²) in [4.78, 5) is 25.0. The van der Waals surface area contributed by atoms with Crippen molar-refractivity contribution in [2.45, 2.75) is 46.3 Å². The second kappa shape index (κ2) is 7.18. The number of carbonyl (C=O) groups is 2. The average Bonchev–Trinajstić information content (AvgIpc) is 2.95. The van der Waals surface area contributed by atoms with Gasteiger partial charge in [-0.1, -0.05) is 29.8 Å². The smallest absolute Gasteiger partial charge is 0.349 e. The van der Waals surface area contributed by atoms with Gasteiger partial charge in [0, 0.05) is 11.1 Å². The van der Waals surface area contributed by atoms with Crippen LogP contribution in [0.5, 0.6) is 0 Å². The monoisotopic (exact) mass is 345 g/mol. The molecular formula is C19H23NO3S. The molecule has 0 aliphatic rings. The molecule has 0 fully saturated rings. The van der Waals surface area contributed by atoms with Crippen LogP contribution in [0.15, 0.2) is 35.7 Å². The van der Waals surface area contributed by atoms with Crippen molar-refractivity contribution in [2.24, 2.45) is 0 Å². The van der Waals surface area contributed by atoms with Crippen LogP contribution < -0.4 is 5.32 Å². The Hall–Kier alpha value is -2.14. The Balaban J connectivity index is 2.13. The predicted molar refractivity (Wildman–Crippen MR) is 97.3 cm³/mol. The molecule has 2 aromatic rings. The van der Waals surface area contributed by atoms with Crippen LogP contribution in [0.2, 0.25) is 0 Å². The summed E-state index contributed by atoms with van der Waals surface area (Å²) in [6.07, 6.45) is -0.843. The number of nitrogens with one attached hydrogen (secondary N) is 1. The summed E-state index contributed by atoms with van der Waals surface area (Å²) in [7, 11) is 0. The molecular weight excluding hydrogens is 322 g/mol. The van der Waals surface area contributed by atoms with Crippen LogP contribution in [0.3, 0.4) is 0 Å². The number of hydrogen-bond donors (Lipinski definition) is 1. The lowest BCUT2D eigenvalue weighted by Gasteiger charge is -2.23. The standard InChI is InChI=1S/C19H23NO3S/c1-12-6-8-14(9-7-12)15-10-11-24-16(15)18(22)23-13(2)17(21)20-19(3,4)5/h6-11,13H,1-5H3,(H,20,21)/t13-/m0/s1. The van der Waals surface area contributed by atoms with Crippen LogP contribution >= 0.6 is 11.3 Å². The van der Waals surface area contributed by atoms with Gasteiger partial charge in [0.15, 0.2) is 6.10 Å². The molecule has 0 saturated heterocycles. The van der Waals surface area contributed by atoms with Gasteiger partial charge in [-0.05, 0) is 51.6 Å². The van der Waals surface area contributed by atoms with Crippen LogP contribution in [0, 0.1) is 6.92 Å². The van der Waals surface area contributed by atoms with Crippen LogP contribution in [-0.2, 0) is 9.53 Å². The SMILES string of the molecule is Cc1ccc(-c2ccsc2C(=O)O[C@@H](C)C(=O)NC(C)(C)C)cc1. The number of rotatable bonds is 4. The molecule has 1 aromatic heterocycles. The zero-order valence-corrected chi connectivity index (χ0v) is 15.5. The molecule has 1 aromatic carbocycles. The van der Waals surface area contributed by atoms with E-state index in [1.165, 1.54) is 11.3 Å². The van der Waals surface area contributed by atoms with Crippen molar-refractivity contribution < 1.29 is 14.3 Å². The number of ether oxygens (including phenoxy) is 1. The normalized spacial score (nSPS) is 12.5. The van der Waals surface area contributed by atoms with Gasteiger partial charge in [0.1, 0.15) is 4.88 Å². The minimum Gasteiger partial charge on any atom is -0.448 e. The summed E-state index contributed by atoms with van der Waals surface area (Å²) < 4.78 is 5.35. The summed E-state index contributed by atoms with van der Waals surface area (Å²) in [5.74, 6) is -0.776. The fourth-order valence-corrected chi connectivity index (χ4v) is 2.96. The van der Waals surface area contributed by atoms with Crippen molar-refractivity contribution in [3.63, 3.8) is 0 Å². The van der Waals surface area contributed by atoms with Crippen molar-refractivity contribution in [3.8, 4) is 11.1 Å². The number of carbonyl (C=O) groups excluding carboxylic acids is 2. The molecule has 0 aliphatic carbocycles. The zero-order valence-electron chi connectivity index (χ0n) is 14.7. The molecule has 0 aliphatic heterocycles. The van der Waals surface area contributed by atoms with Gasteiger partial charge < -0.3 is 10.1 Å². The maximum Gasteiger partial charge on any atom is 0.349 e. The summed E-state index contributed by atoms with van der Waals surface area (Å²) in [6.45, 7) is 9.25. The first kappa shape index (κ1) is 18.2. The van der Waals surface area contributed by atoms with Gasteiger partial charge in [-0.2, -0.15) is 0 Å². The molecule has 0 radical (unpaired) electrons. The van der Waals surface area contributed by atoms with E-state index in [-0.39, 0.29) is 11.4 Å². The van der Waals surface area contributed by atoms with Gasteiger partial charge in [0.25, 0.3) is 5.91 Å². The molecule has 2 rings (SSSR count). The molecule has 0 spiro atoms. The summed E-state index contributed by atoms with van der Waals surface area (Å²) >= 11 is 1.32. The Morgan fingerprint density at radius 1 is 1.12 bits per heavy atom. The third-order valence-corrected chi connectivity index (χ3v) is 4.26. The fourth-order valence-electron chi connectivity index (χ4n) is 2.17. The molecule has 128 valence electrons. The maximum absolute atomic E-state index is 12.5. The third-order valence-electron chi connectivity index (χ3n) is 3.36. The van der Waals surface area contributed by atoms with E-state index >= 15 is 0 Å². The largest absolute Gasteiger partial charge is 0.448 e. The van der Waals surface area contributed by atoms with E-state index in [1.54, 1.807) is 6.92 Å². The third kappa shape index (κ3) is 4.68. The first-order valence-corrected chi connectivity index (χ1v) is 8.73. The van der Waals surface area contributed by atoms with E-state index in [1.807, 2.05) is 63.4 Å². The minimum atomic E-state index is -0.843. The second-order valence-corrected chi connectivity index (χ2v) is 7.73. The number of esters is 1. The first-order valence-electron chi connectivity index (χ1n) is 7.85. The van der Waals surface area contributed by atoms with E-state index < -0.39 is 12.1 Å². The predicted octanol–water partition coefficient (Wildman–Crippen LogP) is 4.18. The lowest BCUT2D eigenvalue weighted by Crippen LogP contribution is -2.46. The van der Waals surface area contributed by atoms with Crippen molar-refractivity contribution >= 4 is 23.2 Å². The first-order chi connectivity index (χ1) is 11.2. The van der Waals surface area contributed by atoms with Crippen molar-refractivity contribution in [1.82, 2.24) is 5.32 Å². The topological polar surface area (TPSA) is 55.4 Å². The number of hydrogen-bond acceptors (Lipinski definition) is 4. The summed E-state index contributed by atoms with van der Waals surface area (Å²) in [6, 6.07) is 9.85. The maximum atomic E-state index is 12.5. The van der Waals surface area contributed by atoms with Crippen LogP contribution in [0.1, 0.15) is 42.9 Å². The highest BCUT2D eigenvalue weighted by Crippen LogP contribution is 2.29. The molecule has 1 heterocycles. The van der Waals surface area contributed by atoms with Gasteiger partial charge in [0.05, 0.1) is 0 Å². The Kier molecular flexibility index (Phi) is 5.44. The summed E-state index contributed by atoms with van der Waals surface area (Å²) in [5, 5.41) is 4.66. The molecule has 1 atom stereocenters. The Morgan fingerprint density at radius 3 is 2.33 bits per heavy atom. The van der Waals surface area contributed by atoms with Crippen LogP contribution in [-0.4, -0.2) is 23.5 Å². The second-order valence-electron chi connectivity index (χ2n) is 6.82. The Bertz CT molecular complexity index is 726. The summed E-state index contributed by atoms with van der Waals surface area (Å²) in [5.41, 5.74) is 2.58. The lowest BCUT2D eigenvalue weighted by atomic mass is 10.1. The Morgan fingerprint density at radius 2 is 1.75 bits per heavy atom. The molecule has 0 saturated carbocycles. The van der Waals surface area contributed by atoms with E-state index in [2.05, 4.69) is 5.32 Å². The van der Waals surface area contributed by atoms with Gasteiger partial charge in [0.2, 0.25) is 0 Å². The lowest BCUT2D eigenvalue weighted by molar-refractivity contribution is -0.130. The van der Waals surface area contributed by atoms with Gasteiger partial charge in [-0.15, -0.1) is 11.3 Å². The van der Waals surface area contributed by atoms with E-state index in [0.29, 0.717) is 4.88 Å². The van der Waals surface area contributed by atoms with E-state index in [4.69, 9.17) is 4.74 Å². The van der Waals surface area contributed by atoms with Crippen LogP contribution in [0.25, 0.3) is 11.1 Å². The van der Waals surface area contributed by atoms with Crippen molar-refractivity contribution in [3.05, 3.63) is 46.2 Å². The van der Waals surface area contributed by atoms with Crippen molar-refractivity contribution in [2.75, 3.05) is 0 Å². The highest BCUT2D eigenvalue weighted by molar-refractivity contribution is 7.12. The number of benzene rings is 1. The van der Waals surface area contributed by atoms with Gasteiger partial charge in [-0.25, -0.2) is 4.79 Å². The number of amides is 1. The average molecular weight is 345 g/mol. The highest BCUT2D eigenvalue weighted by atomic mass is 32.1. The fraction of sp³-hybridized carbons (Fsp3) is 0.368. The molecule has 24 heavy (non-hydrogen) atoms. The van der Waals surface area contributed by atoms with Gasteiger partial charge in [-0.3, -0.25) is 4.79 Å². The number of thiophene rings is 1. The van der Waals surface area contributed by atoms with E-state index in [9.17, 15) is 9.59 Å². The van der Waals surface area contributed by atoms with Crippen molar-refractivity contribution in [1.29, 1.82) is 0 Å². The minimum absolute atomic E-state index is 0.302. The molecule has 4 nitrogen and oxygen atoms in total. The molecule has 0 bridgehead atoms. The van der Waals surface area contributed by atoms with E-state index in [0.717, 1.165) is 16.7 Å². The zero-order chi connectivity index (χ0) is 17.9. The number of aryl methyl sites for hydroxylation is 1. The molecule has 0 unspecified atom stereocenters. The molecule has 1 N–H and O–H groups in total. The molecule has 5 heteroatoms. The van der Waals surface area contributed by atoms with Gasteiger partial charge >= 0.3 is 5.97 Å². The quantitative estimate of drug-likeness (QED) is 0.846. The highest BCUT2D eigenvalue weighted by Gasteiger charge is 2.24. The Labute approximate surface area is 146 Å².